The second-order valence-corrected chi connectivity index (χ2v) is 14.9. The maximum Gasteiger partial charge on any atom is 0.429 e. The lowest BCUT2D eigenvalue weighted by atomic mass is 9.84. The van der Waals surface area contributed by atoms with Crippen molar-refractivity contribution in [1.82, 2.24) is 19.5 Å². The molecule has 3 aromatic rings. The van der Waals surface area contributed by atoms with Crippen molar-refractivity contribution in [3.8, 4) is 11.3 Å². The van der Waals surface area contributed by atoms with Crippen LogP contribution >= 0.6 is 0 Å². The molecule has 240 valence electrons. The topological polar surface area (TPSA) is 111 Å². The van der Waals surface area contributed by atoms with Crippen LogP contribution in [-0.2, 0) is 21.2 Å². The maximum atomic E-state index is 14.2. The van der Waals surface area contributed by atoms with Gasteiger partial charge in [-0.15, -0.1) is 5.06 Å². The number of aromatic nitrogens is 2. The van der Waals surface area contributed by atoms with Crippen LogP contribution in [0.25, 0.3) is 11.3 Å². The predicted octanol–water partition coefficient (Wildman–Crippen LogP) is 5.37. The van der Waals surface area contributed by atoms with E-state index in [1.165, 1.54) is 28.4 Å². The van der Waals surface area contributed by atoms with Crippen LogP contribution in [0.4, 0.5) is 13.6 Å². The van der Waals surface area contributed by atoms with Crippen LogP contribution in [0.15, 0.2) is 60.8 Å². The number of piperidine rings is 1. The summed E-state index contributed by atoms with van der Waals surface area (Å²) in [5, 5.41) is 1.01. The molecule has 44 heavy (non-hydrogen) atoms. The molecule has 12 heteroatoms. The minimum Gasteiger partial charge on any atom is -0.351 e. The number of carbonyl (C=O) groups excluding carboxylic acids is 1. The first-order valence-electron chi connectivity index (χ1n) is 14.9. The van der Waals surface area contributed by atoms with E-state index in [1.54, 1.807) is 12.1 Å². The summed E-state index contributed by atoms with van der Waals surface area (Å²) in [5.74, 6) is 0.168. The van der Waals surface area contributed by atoms with E-state index in [9.17, 15) is 22.0 Å². The lowest BCUT2D eigenvalue weighted by Crippen LogP contribution is -2.48. The van der Waals surface area contributed by atoms with Gasteiger partial charge in [-0.1, -0.05) is 63.2 Å². The van der Waals surface area contributed by atoms with E-state index in [4.69, 9.17) is 15.6 Å². The van der Waals surface area contributed by atoms with Gasteiger partial charge in [-0.3, -0.25) is 4.90 Å². The van der Waals surface area contributed by atoms with E-state index in [0.29, 0.717) is 36.5 Å². The summed E-state index contributed by atoms with van der Waals surface area (Å²) < 4.78 is 53.7. The monoisotopic (exact) mass is 631 g/mol. The van der Waals surface area contributed by atoms with Crippen molar-refractivity contribution in [2.45, 2.75) is 63.9 Å². The minimum absolute atomic E-state index is 0.0964. The Balaban J connectivity index is 1.74. The second-order valence-electron chi connectivity index (χ2n) is 12.6. The fourth-order valence-corrected chi connectivity index (χ4v) is 6.63. The Hall–Kier alpha value is -3.35. The Morgan fingerprint density at radius 2 is 1.82 bits per heavy atom. The van der Waals surface area contributed by atoms with Crippen molar-refractivity contribution in [2.24, 2.45) is 11.1 Å². The number of nitrogens with zero attached hydrogens (tertiary/aromatic N) is 4. The molecule has 1 aromatic heterocycles. The zero-order chi connectivity index (χ0) is 32.1. The fourth-order valence-electron chi connectivity index (χ4n) is 5.56. The zero-order valence-electron chi connectivity index (χ0n) is 25.8. The number of halogens is 2. The highest BCUT2D eigenvalue weighted by molar-refractivity contribution is 7.91. The summed E-state index contributed by atoms with van der Waals surface area (Å²) in [7, 11) is -3.20. The molecule has 1 saturated heterocycles. The first-order valence-corrected chi connectivity index (χ1v) is 16.8. The number of hydroxylamine groups is 2. The van der Waals surface area contributed by atoms with Gasteiger partial charge in [0.05, 0.1) is 17.0 Å². The van der Waals surface area contributed by atoms with Gasteiger partial charge in [0.15, 0.2) is 0 Å². The van der Waals surface area contributed by atoms with Crippen LogP contribution in [0.2, 0.25) is 0 Å². The number of rotatable bonds is 11. The molecule has 2 heterocycles. The molecule has 1 fully saturated rings. The third-order valence-electron chi connectivity index (χ3n) is 7.89. The average Bonchev–Trinajstić information content (AvgIpc) is 3.37. The summed E-state index contributed by atoms with van der Waals surface area (Å²) in [6.45, 7) is 6.28. The normalized spacial score (nSPS) is 16.4. The zero-order valence-corrected chi connectivity index (χ0v) is 26.6. The van der Waals surface area contributed by atoms with E-state index in [0.717, 1.165) is 5.56 Å². The van der Waals surface area contributed by atoms with Crippen LogP contribution in [0, 0.1) is 11.2 Å². The average molecular weight is 632 g/mol. The molecule has 2 atom stereocenters. The summed E-state index contributed by atoms with van der Waals surface area (Å²) >= 11 is 0. The number of amides is 1. The highest BCUT2D eigenvalue weighted by atomic mass is 32.2. The molecule has 0 aliphatic carbocycles. The maximum absolute atomic E-state index is 14.2. The van der Waals surface area contributed by atoms with Gasteiger partial charge >= 0.3 is 6.09 Å². The molecule has 1 amide bonds. The van der Waals surface area contributed by atoms with E-state index in [-0.39, 0.29) is 31.9 Å². The van der Waals surface area contributed by atoms with Gasteiger partial charge in [-0.05, 0) is 42.4 Å². The quantitative estimate of drug-likeness (QED) is 0.303. The predicted molar refractivity (Wildman–Crippen MR) is 167 cm³/mol. The highest BCUT2D eigenvalue weighted by Crippen LogP contribution is 2.40. The Morgan fingerprint density at radius 3 is 2.41 bits per heavy atom. The molecule has 2 N–H and O–H groups in total. The summed E-state index contributed by atoms with van der Waals surface area (Å²) in [5.41, 5.74) is 7.52. The highest BCUT2D eigenvalue weighted by Gasteiger charge is 2.40. The van der Waals surface area contributed by atoms with Crippen molar-refractivity contribution < 1.29 is 26.8 Å². The molecule has 1 aliphatic rings. The van der Waals surface area contributed by atoms with Gasteiger partial charge < -0.3 is 15.1 Å². The first-order chi connectivity index (χ1) is 20.8. The van der Waals surface area contributed by atoms with E-state index < -0.39 is 45.4 Å². The molecule has 4 rings (SSSR count). The Bertz CT molecular complexity index is 1500. The standard InChI is InChI=1S/C32H43F2N5O4S/c1-32(2,3)29(39(18-13-26(35)20-33)31(40)43-38-16-14-27(15-17-38)44(4,41)42)30-36-28(24-11-8-12-25(34)19-24)22-37(30)21-23-9-6-5-7-10-23/h5-12,19,22,26-27,29H,13-18,20-21,35H2,1-4H3/t26-,29+/m1/s1. The van der Waals surface area contributed by atoms with Crippen molar-refractivity contribution >= 4 is 15.9 Å². The lowest BCUT2D eigenvalue weighted by molar-refractivity contribution is -0.128. The molecular formula is C32H43F2N5O4S. The number of carbonyl (C=O) groups is 1. The second kappa shape index (κ2) is 14.2. The number of hydrogen-bond acceptors (Lipinski definition) is 7. The number of benzene rings is 2. The Kier molecular flexibility index (Phi) is 10.8. The van der Waals surface area contributed by atoms with Crippen molar-refractivity contribution in [3.05, 3.63) is 78.0 Å². The summed E-state index contributed by atoms with van der Waals surface area (Å²) in [6.07, 6.45) is 3.29. The Morgan fingerprint density at radius 1 is 1.14 bits per heavy atom. The number of nitrogens with two attached hydrogens (primary N) is 1. The SMILES string of the molecule is CC(C)(C)[C@H](c1nc(-c2cccc(F)c2)cn1Cc1ccccc1)N(CC[C@@H](N)CF)C(=O)ON1CCC(S(C)(=O)=O)CC1. The third kappa shape index (κ3) is 8.64. The number of sulfone groups is 1. The molecule has 0 bridgehead atoms. The van der Waals surface area contributed by atoms with E-state index in [1.807, 2.05) is 61.9 Å². The number of hydrogen-bond donors (Lipinski definition) is 1. The molecule has 0 radical (unpaired) electrons. The van der Waals surface area contributed by atoms with Crippen LogP contribution in [-0.4, -0.2) is 77.9 Å². The van der Waals surface area contributed by atoms with Crippen LogP contribution < -0.4 is 5.73 Å². The van der Waals surface area contributed by atoms with Crippen molar-refractivity contribution in [1.29, 1.82) is 0 Å². The van der Waals surface area contributed by atoms with E-state index >= 15 is 0 Å². The first kappa shape index (κ1) is 33.5. The molecule has 2 aromatic carbocycles. The van der Waals surface area contributed by atoms with Gasteiger partial charge in [0.25, 0.3) is 0 Å². The Labute approximate surface area is 258 Å². The van der Waals surface area contributed by atoms with Gasteiger partial charge in [-0.2, -0.15) is 0 Å². The lowest BCUT2D eigenvalue weighted by Gasteiger charge is -2.40. The molecule has 1 aliphatic heterocycles. The van der Waals surface area contributed by atoms with Gasteiger partial charge in [0.1, 0.15) is 28.2 Å². The third-order valence-corrected chi connectivity index (χ3v) is 9.57. The molecular weight excluding hydrogens is 588 g/mol. The molecule has 0 spiro atoms. The van der Waals surface area contributed by atoms with Crippen LogP contribution in [0.5, 0.6) is 0 Å². The van der Waals surface area contributed by atoms with Crippen LogP contribution in [0.3, 0.4) is 0 Å². The summed E-state index contributed by atoms with van der Waals surface area (Å²) in [6, 6.07) is 14.5. The molecule has 9 nitrogen and oxygen atoms in total. The van der Waals surface area contributed by atoms with Gasteiger partial charge in [0, 0.05) is 50.2 Å². The van der Waals surface area contributed by atoms with Gasteiger partial charge in [0.2, 0.25) is 0 Å². The van der Waals surface area contributed by atoms with Gasteiger partial charge in [-0.25, -0.2) is 27.0 Å². The molecule has 0 unspecified atom stereocenters. The van der Waals surface area contributed by atoms with E-state index in [2.05, 4.69) is 0 Å². The summed E-state index contributed by atoms with van der Waals surface area (Å²) in [4.78, 5) is 26.3. The molecule has 0 saturated carbocycles. The largest absolute Gasteiger partial charge is 0.429 e. The smallest absolute Gasteiger partial charge is 0.351 e. The van der Waals surface area contributed by atoms with Crippen LogP contribution in [0.1, 0.15) is 57.5 Å². The number of imidazole rings is 1. The number of alkyl halides is 1. The minimum atomic E-state index is -3.20. The fraction of sp³-hybridized carbons (Fsp3) is 0.500. The van der Waals surface area contributed by atoms with Crippen molar-refractivity contribution in [3.63, 3.8) is 0 Å². The van der Waals surface area contributed by atoms with Crippen molar-refractivity contribution in [2.75, 3.05) is 32.6 Å².